The maximum Gasteiger partial charge on any atom is 0.0651 e. The summed E-state index contributed by atoms with van der Waals surface area (Å²) >= 11 is 0. The molecular formula is C29H38N4. The van der Waals surface area contributed by atoms with E-state index in [1.165, 1.54) is 61.2 Å². The van der Waals surface area contributed by atoms with E-state index in [0.717, 1.165) is 49.3 Å². The summed E-state index contributed by atoms with van der Waals surface area (Å²) in [6.07, 6.45) is 6.44. The normalized spacial score (nSPS) is 20.8. The van der Waals surface area contributed by atoms with Crippen molar-refractivity contribution in [2.24, 2.45) is 5.92 Å². The molecule has 4 nitrogen and oxygen atoms in total. The van der Waals surface area contributed by atoms with Crippen LogP contribution in [0.3, 0.4) is 0 Å². The van der Waals surface area contributed by atoms with E-state index in [-0.39, 0.29) is 0 Å². The van der Waals surface area contributed by atoms with Gasteiger partial charge >= 0.3 is 0 Å². The Bertz CT molecular complexity index is 1040. The van der Waals surface area contributed by atoms with Crippen molar-refractivity contribution in [1.29, 1.82) is 0 Å². The number of benzene rings is 2. The average Bonchev–Trinajstić information content (AvgIpc) is 3.42. The molecule has 2 aliphatic rings. The monoisotopic (exact) mass is 442 g/mol. The van der Waals surface area contributed by atoms with E-state index in [2.05, 4.69) is 76.8 Å². The van der Waals surface area contributed by atoms with Gasteiger partial charge in [0.05, 0.1) is 11.4 Å². The fourth-order valence-corrected chi connectivity index (χ4v) is 5.54. The molecule has 1 aliphatic heterocycles. The molecular weight excluding hydrogens is 404 g/mol. The van der Waals surface area contributed by atoms with Gasteiger partial charge in [0.25, 0.3) is 0 Å². The highest BCUT2D eigenvalue weighted by atomic mass is 15.3. The van der Waals surface area contributed by atoms with Crippen LogP contribution in [0.25, 0.3) is 5.69 Å². The predicted octanol–water partition coefficient (Wildman–Crippen LogP) is 5.41. The Labute approximate surface area is 199 Å². The number of rotatable bonds is 9. The van der Waals surface area contributed by atoms with E-state index in [1.807, 2.05) is 11.6 Å². The quantitative estimate of drug-likeness (QED) is 0.450. The lowest BCUT2D eigenvalue weighted by Gasteiger charge is -2.36. The lowest BCUT2D eigenvalue weighted by molar-refractivity contribution is 0.255. The van der Waals surface area contributed by atoms with Crippen LogP contribution in [0.1, 0.15) is 59.7 Å². The van der Waals surface area contributed by atoms with Gasteiger partial charge < -0.3 is 5.32 Å². The van der Waals surface area contributed by atoms with E-state index in [0.29, 0.717) is 0 Å². The number of hydrogen-bond donors (Lipinski definition) is 1. The van der Waals surface area contributed by atoms with E-state index >= 15 is 0 Å². The van der Waals surface area contributed by atoms with Gasteiger partial charge in [0.15, 0.2) is 0 Å². The zero-order chi connectivity index (χ0) is 22.6. The first kappa shape index (κ1) is 22.4. The molecule has 0 spiro atoms. The second-order valence-corrected chi connectivity index (χ2v) is 10.2. The Morgan fingerprint density at radius 2 is 1.73 bits per heavy atom. The van der Waals surface area contributed by atoms with Gasteiger partial charge in [0.1, 0.15) is 0 Å². The first-order chi connectivity index (χ1) is 16.1. The van der Waals surface area contributed by atoms with Crippen LogP contribution in [-0.4, -0.2) is 40.9 Å². The number of nitrogens with zero attached hydrogens (tertiary/aromatic N) is 3. The van der Waals surface area contributed by atoms with Gasteiger partial charge in [-0.2, -0.15) is 5.10 Å². The number of nitrogens with one attached hydrogen (secondary N) is 1. The molecule has 4 heteroatoms. The zero-order valence-electron chi connectivity index (χ0n) is 20.3. The predicted molar refractivity (Wildman–Crippen MR) is 136 cm³/mol. The van der Waals surface area contributed by atoms with Crippen LogP contribution < -0.4 is 5.32 Å². The minimum atomic E-state index is 0.759. The number of likely N-dealkylation sites (tertiary alicyclic amines) is 1. The molecule has 1 saturated heterocycles. The smallest absolute Gasteiger partial charge is 0.0651 e. The lowest BCUT2D eigenvalue weighted by Crippen LogP contribution is -2.33. The Morgan fingerprint density at radius 1 is 0.939 bits per heavy atom. The molecule has 0 bridgehead atoms. The van der Waals surface area contributed by atoms with E-state index in [1.54, 1.807) is 0 Å². The molecule has 1 aliphatic carbocycles. The summed E-state index contributed by atoms with van der Waals surface area (Å²) < 4.78 is 2.04. The summed E-state index contributed by atoms with van der Waals surface area (Å²) in [4.78, 5) is 2.58. The minimum absolute atomic E-state index is 0.759. The molecule has 1 N–H and O–H groups in total. The van der Waals surface area contributed by atoms with Gasteiger partial charge in [0.2, 0.25) is 0 Å². The summed E-state index contributed by atoms with van der Waals surface area (Å²) in [5.41, 5.74) is 7.79. The van der Waals surface area contributed by atoms with Gasteiger partial charge in [-0.1, -0.05) is 36.4 Å². The molecule has 1 aromatic heterocycles. The highest BCUT2D eigenvalue weighted by Crippen LogP contribution is 2.41. The van der Waals surface area contributed by atoms with E-state index < -0.39 is 0 Å². The molecule has 2 heterocycles. The van der Waals surface area contributed by atoms with Gasteiger partial charge in [-0.3, -0.25) is 4.90 Å². The van der Waals surface area contributed by atoms with Crippen molar-refractivity contribution in [3.63, 3.8) is 0 Å². The molecule has 5 rings (SSSR count). The molecule has 0 unspecified atom stereocenters. The van der Waals surface area contributed by atoms with Crippen molar-refractivity contribution in [3.05, 3.63) is 82.7 Å². The Morgan fingerprint density at radius 3 is 2.45 bits per heavy atom. The fraction of sp³-hybridized carbons (Fsp3) is 0.483. The average molecular weight is 443 g/mol. The fourth-order valence-electron chi connectivity index (χ4n) is 5.54. The van der Waals surface area contributed by atoms with E-state index in [9.17, 15) is 0 Å². The van der Waals surface area contributed by atoms with Crippen molar-refractivity contribution in [2.75, 3.05) is 26.2 Å². The molecule has 0 amide bonds. The van der Waals surface area contributed by atoms with Crippen LogP contribution in [0.5, 0.6) is 0 Å². The summed E-state index contributed by atoms with van der Waals surface area (Å²) in [6, 6.07) is 20.4. The van der Waals surface area contributed by atoms with Crippen LogP contribution in [0, 0.1) is 19.8 Å². The summed E-state index contributed by atoms with van der Waals surface area (Å²) in [7, 11) is 0. The molecule has 0 atom stereocenters. The first-order valence-electron chi connectivity index (χ1n) is 12.8. The molecule has 3 aromatic rings. The van der Waals surface area contributed by atoms with Crippen molar-refractivity contribution < 1.29 is 0 Å². The van der Waals surface area contributed by atoms with Crippen LogP contribution in [-0.2, 0) is 13.0 Å². The van der Waals surface area contributed by atoms with Crippen LogP contribution in [0.4, 0.5) is 0 Å². The summed E-state index contributed by atoms with van der Waals surface area (Å²) in [6.45, 7) is 10.0. The SMILES string of the molecule is Cc1cc(C)n(-c2cccc(CCNCC3CC(c4ccc(CN5CCCC5)cc4)C3)c2)n1. The Balaban J connectivity index is 1.03. The lowest BCUT2D eigenvalue weighted by atomic mass is 9.71. The Hall–Kier alpha value is -2.43. The minimum Gasteiger partial charge on any atom is -0.316 e. The van der Waals surface area contributed by atoms with Crippen LogP contribution in [0.2, 0.25) is 0 Å². The third-order valence-corrected chi connectivity index (χ3v) is 7.48. The topological polar surface area (TPSA) is 33.1 Å². The van der Waals surface area contributed by atoms with Crippen molar-refractivity contribution in [3.8, 4) is 5.69 Å². The Kier molecular flexibility index (Phi) is 6.93. The second kappa shape index (κ2) is 10.2. The highest BCUT2D eigenvalue weighted by Gasteiger charge is 2.29. The highest BCUT2D eigenvalue weighted by molar-refractivity contribution is 5.37. The van der Waals surface area contributed by atoms with E-state index in [4.69, 9.17) is 0 Å². The molecule has 2 aromatic carbocycles. The molecule has 0 radical (unpaired) electrons. The van der Waals surface area contributed by atoms with Crippen molar-refractivity contribution in [2.45, 2.75) is 58.4 Å². The third-order valence-electron chi connectivity index (χ3n) is 7.48. The third kappa shape index (κ3) is 5.56. The van der Waals surface area contributed by atoms with Crippen molar-refractivity contribution >= 4 is 0 Å². The van der Waals surface area contributed by atoms with Gasteiger partial charge in [0, 0.05) is 12.2 Å². The van der Waals surface area contributed by atoms with Crippen LogP contribution in [0.15, 0.2) is 54.6 Å². The largest absolute Gasteiger partial charge is 0.316 e. The van der Waals surface area contributed by atoms with Crippen LogP contribution >= 0.6 is 0 Å². The van der Waals surface area contributed by atoms with Gasteiger partial charge in [-0.25, -0.2) is 4.68 Å². The second-order valence-electron chi connectivity index (χ2n) is 10.2. The first-order valence-corrected chi connectivity index (χ1v) is 12.8. The molecule has 1 saturated carbocycles. The van der Waals surface area contributed by atoms with Gasteiger partial charge in [-0.05, 0) is 119 Å². The molecule has 174 valence electrons. The number of hydrogen-bond acceptors (Lipinski definition) is 3. The standard InChI is InChI=1S/C29H38N4/c1-22-16-23(2)33(31-22)29-7-5-6-24(19-29)12-13-30-20-26-17-28(18-26)27-10-8-25(9-11-27)21-32-14-3-4-15-32/h5-11,16,19,26,28,30H,3-4,12-15,17-18,20-21H2,1-2H3. The number of aryl methyl sites for hydroxylation is 2. The summed E-state index contributed by atoms with van der Waals surface area (Å²) in [5.74, 6) is 1.58. The summed E-state index contributed by atoms with van der Waals surface area (Å²) in [5, 5.41) is 8.32. The maximum absolute atomic E-state index is 4.62. The zero-order valence-corrected chi connectivity index (χ0v) is 20.3. The molecule has 2 fully saturated rings. The van der Waals surface area contributed by atoms with Crippen molar-refractivity contribution in [1.82, 2.24) is 20.0 Å². The van der Waals surface area contributed by atoms with Gasteiger partial charge in [-0.15, -0.1) is 0 Å². The maximum atomic E-state index is 4.62. The number of aromatic nitrogens is 2. The molecule has 33 heavy (non-hydrogen) atoms.